The first-order chi connectivity index (χ1) is 17.4. The lowest BCUT2D eigenvalue weighted by molar-refractivity contribution is 0.660. The molecule has 36 heavy (non-hydrogen) atoms. The van der Waals surface area contributed by atoms with Gasteiger partial charge in [0.15, 0.2) is 0 Å². The minimum Gasteiger partial charge on any atom is -0.310 e. The summed E-state index contributed by atoms with van der Waals surface area (Å²) in [7, 11) is 0. The van der Waals surface area contributed by atoms with Crippen LogP contribution in [0.4, 0.5) is 17.1 Å². The van der Waals surface area contributed by atoms with Crippen LogP contribution in [0.25, 0.3) is 22.3 Å². The summed E-state index contributed by atoms with van der Waals surface area (Å²) in [6.07, 6.45) is 0. The second-order valence-corrected chi connectivity index (χ2v) is 10.5. The molecule has 6 rings (SSSR count). The minimum absolute atomic E-state index is 0.0856. The van der Waals surface area contributed by atoms with Gasteiger partial charge in [0.05, 0.1) is 0 Å². The summed E-state index contributed by atoms with van der Waals surface area (Å²) in [6.45, 7) is 8.99. The molecular weight excluding hydrogens is 434 g/mol. The van der Waals surface area contributed by atoms with Gasteiger partial charge < -0.3 is 4.90 Å². The molecule has 0 spiro atoms. The molecule has 5 aromatic carbocycles. The van der Waals surface area contributed by atoms with E-state index in [0.29, 0.717) is 0 Å². The number of nitrogens with zero attached hydrogens (tertiary/aromatic N) is 1. The van der Waals surface area contributed by atoms with E-state index in [1.54, 1.807) is 0 Å². The van der Waals surface area contributed by atoms with Crippen molar-refractivity contribution in [3.05, 3.63) is 138 Å². The smallest absolute Gasteiger partial charge is 0.0465 e. The van der Waals surface area contributed by atoms with E-state index in [9.17, 15) is 0 Å². The van der Waals surface area contributed by atoms with Gasteiger partial charge in [-0.05, 0) is 89.7 Å². The second-order valence-electron chi connectivity index (χ2n) is 10.5. The van der Waals surface area contributed by atoms with Crippen molar-refractivity contribution in [2.24, 2.45) is 0 Å². The van der Waals surface area contributed by atoms with Gasteiger partial charge in [-0.15, -0.1) is 0 Å². The molecule has 0 heterocycles. The highest BCUT2D eigenvalue weighted by molar-refractivity contribution is 5.87. The Morgan fingerprint density at radius 3 is 1.56 bits per heavy atom. The molecular formula is C35H31N. The summed E-state index contributed by atoms with van der Waals surface area (Å²) < 4.78 is 0. The lowest BCUT2D eigenvalue weighted by Crippen LogP contribution is -2.16. The summed E-state index contributed by atoms with van der Waals surface area (Å²) >= 11 is 0. The third kappa shape index (κ3) is 3.72. The van der Waals surface area contributed by atoms with Crippen LogP contribution in [0.3, 0.4) is 0 Å². The Bertz CT molecular complexity index is 1500. The average Bonchev–Trinajstić information content (AvgIpc) is 3.13. The number of benzene rings is 5. The van der Waals surface area contributed by atoms with Gasteiger partial charge in [-0.3, -0.25) is 0 Å². The summed E-state index contributed by atoms with van der Waals surface area (Å²) in [5, 5.41) is 0. The fraction of sp³-hybridized carbons (Fsp3) is 0.143. The number of hydrogen-bond donors (Lipinski definition) is 0. The number of aryl methyl sites for hydroxylation is 2. The van der Waals surface area contributed by atoms with Crippen molar-refractivity contribution in [3.63, 3.8) is 0 Å². The van der Waals surface area contributed by atoms with Crippen LogP contribution in [0, 0.1) is 13.8 Å². The van der Waals surface area contributed by atoms with E-state index in [1.165, 1.54) is 61.6 Å². The van der Waals surface area contributed by atoms with Gasteiger partial charge >= 0.3 is 0 Å². The first-order valence-corrected chi connectivity index (χ1v) is 12.7. The normalized spacial score (nSPS) is 13.2. The molecule has 5 aromatic rings. The summed E-state index contributed by atoms with van der Waals surface area (Å²) in [4.78, 5) is 2.37. The van der Waals surface area contributed by atoms with E-state index in [-0.39, 0.29) is 5.41 Å². The Labute approximate surface area is 214 Å². The first-order valence-electron chi connectivity index (χ1n) is 12.7. The number of anilines is 3. The molecule has 1 nitrogen and oxygen atoms in total. The van der Waals surface area contributed by atoms with E-state index in [2.05, 4.69) is 148 Å². The molecule has 0 atom stereocenters. The molecule has 0 bridgehead atoms. The highest BCUT2D eigenvalue weighted by atomic mass is 15.1. The molecule has 0 amide bonds. The zero-order valence-electron chi connectivity index (χ0n) is 21.4. The zero-order chi connectivity index (χ0) is 24.9. The molecule has 0 saturated carbocycles. The topological polar surface area (TPSA) is 3.24 Å². The van der Waals surface area contributed by atoms with Crippen LogP contribution in [-0.4, -0.2) is 0 Å². The van der Waals surface area contributed by atoms with E-state index in [4.69, 9.17) is 0 Å². The van der Waals surface area contributed by atoms with E-state index >= 15 is 0 Å². The van der Waals surface area contributed by atoms with Gasteiger partial charge in [0.2, 0.25) is 0 Å². The zero-order valence-corrected chi connectivity index (χ0v) is 21.4. The third-order valence-corrected chi connectivity index (χ3v) is 7.61. The van der Waals surface area contributed by atoms with Gasteiger partial charge in [0.25, 0.3) is 0 Å². The van der Waals surface area contributed by atoms with Crippen molar-refractivity contribution in [3.8, 4) is 22.3 Å². The van der Waals surface area contributed by atoms with Gasteiger partial charge in [-0.25, -0.2) is 0 Å². The van der Waals surface area contributed by atoms with Crippen LogP contribution >= 0.6 is 0 Å². The average molecular weight is 466 g/mol. The maximum Gasteiger partial charge on any atom is 0.0465 e. The monoisotopic (exact) mass is 465 g/mol. The number of hydrogen-bond acceptors (Lipinski definition) is 1. The maximum atomic E-state index is 2.40. The molecule has 176 valence electrons. The summed E-state index contributed by atoms with van der Waals surface area (Å²) in [5.41, 5.74) is 14.0. The molecule has 0 radical (unpaired) electrons. The highest BCUT2D eigenvalue weighted by Crippen LogP contribution is 2.51. The van der Waals surface area contributed by atoms with Gasteiger partial charge in [-0.1, -0.05) is 97.8 Å². The van der Waals surface area contributed by atoms with Crippen molar-refractivity contribution < 1.29 is 0 Å². The SMILES string of the molecule is Cc1ccc(N(c2ccc(C)cc2)c2ccc3c(c2)C(C)(C)c2cc(-c4ccccc4)ccc2-3)cc1. The Hall–Kier alpha value is -4.10. The summed E-state index contributed by atoms with van der Waals surface area (Å²) in [6, 6.07) is 42.3. The van der Waals surface area contributed by atoms with Gasteiger partial charge in [0.1, 0.15) is 0 Å². The highest BCUT2D eigenvalue weighted by Gasteiger charge is 2.36. The van der Waals surface area contributed by atoms with Crippen LogP contribution < -0.4 is 4.90 Å². The van der Waals surface area contributed by atoms with Crippen molar-refractivity contribution in [2.75, 3.05) is 4.90 Å². The molecule has 1 aliphatic rings. The molecule has 0 fully saturated rings. The fourth-order valence-corrected chi connectivity index (χ4v) is 5.51. The molecule has 1 heteroatoms. The Kier molecular flexibility index (Phi) is 5.30. The van der Waals surface area contributed by atoms with Crippen molar-refractivity contribution in [1.29, 1.82) is 0 Å². The molecule has 0 aliphatic heterocycles. The Morgan fingerprint density at radius 1 is 0.472 bits per heavy atom. The molecule has 1 aliphatic carbocycles. The predicted molar refractivity (Wildman–Crippen MR) is 154 cm³/mol. The van der Waals surface area contributed by atoms with E-state index in [1.807, 2.05) is 0 Å². The van der Waals surface area contributed by atoms with Crippen molar-refractivity contribution >= 4 is 17.1 Å². The van der Waals surface area contributed by atoms with Crippen LogP contribution in [0.2, 0.25) is 0 Å². The largest absolute Gasteiger partial charge is 0.310 e. The standard InChI is InChI=1S/C35H31N/c1-24-10-15-28(16-11-24)36(29-17-12-25(2)13-18-29)30-19-21-32-31-20-14-27(26-8-6-5-7-9-26)22-33(31)35(3,4)34(32)23-30/h5-23H,1-4H3. The summed E-state index contributed by atoms with van der Waals surface area (Å²) in [5.74, 6) is 0. The van der Waals surface area contributed by atoms with Crippen molar-refractivity contribution in [2.45, 2.75) is 33.1 Å². The molecule has 0 saturated heterocycles. The van der Waals surface area contributed by atoms with Crippen molar-refractivity contribution in [1.82, 2.24) is 0 Å². The molecule has 0 aromatic heterocycles. The maximum absolute atomic E-state index is 2.40. The predicted octanol–water partition coefficient (Wildman–Crippen LogP) is 9.75. The first kappa shape index (κ1) is 22.4. The lowest BCUT2D eigenvalue weighted by atomic mass is 9.81. The molecule has 0 N–H and O–H groups in total. The molecule has 0 unspecified atom stereocenters. The Morgan fingerprint density at radius 2 is 0.972 bits per heavy atom. The minimum atomic E-state index is -0.0856. The van der Waals surface area contributed by atoms with E-state index in [0.717, 1.165) is 0 Å². The number of rotatable bonds is 4. The van der Waals surface area contributed by atoms with E-state index < -0.39 is 0 Å². The van der Waals surface area contributed by atoms with Crippen LogP contribution in [0.15, 0.2) is 115 Å². The second kappa shape index (κ2) is 8.53. The van der Waals surface area contributed by atoms with Crippen LogP contribution in [0.5, 0.6) is 0 Å². The third-order valence-electron chi connectivity index (χ3n) is 7.61. The number of fused-ring (bicyclic) bond motifs is 3. The fourth-order valence-electron chi connectivity index (χ4n) is 5.51. The van der Waals surface area contributed by atoms with Crippen LogP contribution in [-0.2, 0) is 5.41 Å². The van der Waals surface area contributed by atoms with Gasteiger partial charge in [-0.2, -0.15) is 0 Å². The Balaban J connectivity index is 1.48. The van der Waals surface area contributed by atoms with Crippen LogP contribution in [0.1, 0.15) is 36.1 Å². The lowest BCUT2D eigenvalue weighted by Gasteiger charge is -2.28. The quantitative estimate of drug-likeness (QED) is 0.255. The van der Waals surface area contributed by atoms with Gasteiger partial charge in [0, 0.05) is 22.5 Å².